The van der Waals surface area contributed by atoms with Crippen molar-refractivity contribution in [1.82, 2.24) is 4.98 Å². The first kappa shape index (κ1) is 20.0. The molecule has 0 fully saturated rings. The molecule has 30 heavy (non-hydrogen) atoms. The second-order valence-corrected chi connectivity index (χ2v) is 7.84. The molecule has 1 aromatic heterocycles. The largest absolute Gasteiger partial charge is 0.493 e. The molecular formula is C22H18ClN3O3S. The van der Waals surface area contributed by atoms with E-state index in [1.165, 1.54) is 18.4 Å². The normalized spacial score (nSPS) is 10.8. The molecular weight excluding hydrogens is 422 g/mol. The van der Waals surface area contributed by atoms with Gasteiger partial charge in [0.05, 0.1) is 35.2 Å². The highest BCUT2D eigenvalue weighted by Gasteiger charge is 2.20. The molecule has 0 atom stereocenters. The highest BCUT2D eigenvalue weighted by Crippen LogP contribution is 2.37. The number of thiazole rings is 1. The first-order valence-electron chi connectivity index (χ1n) is 8.99. The molecule has 1 heterocycles. The van der Waals surface area contributed by atoms with Crippen LogP contribution in [0.1, 0.15) is 10.4 Å². The van der Waals surface area contributed by atoms with Gasteiger partial charge in [0, 0.05) is 17.3 Å². The Labute approximate surface area is 182 Å². The van der Waals surface area contributed by atoms with Gasteiger partial charge in [-0.25, -0.2) is 4.98 Å². The number of fused-ring (bicyclic) bond motifs is 1. The molecule has 8 heteroatoms. The fraction of sp³-hybridized carbons (Fsp3) is 0.0909. The van der Waals surface area contributed by atoms with Gasteiger partial charge < -0.3 is 20.5 Å². The molecule has 0 bridgehead atoms. The highest BCUT2D eigenvalue weighted by atomic mass is 35.5. The Hall–Kier alpha value is -3.29. The van der Waals surface area contributed by atoms with Crippen LogP contribution >= 0.6 is 22.9 Å². The third-order valence-electron chi connectivity index (χ3n) is 4.56. The molecule has 0 saturated carbocycles. The van der Waals surface area contributed by atoms with Crippen LogP contribution in [0.2, 0.25) is 5.02 Å². The lowest BCUT2D eigenvalue weighted by Gasteiger charge is -2.13. The Morgan fingerprint density at radius 1 is 1.07 bits per heavy atom. The number of amides is 1. The van der Waals surface area contributed by atoms with Crippen LogP contribution < -0.4 is 20.5 Å². The zero-order valence-electron chi connectivity index (χ0n) is 16.2. The van der Waals surface area contributed by atoms with Gasteiger partial charge in [-0.15, -0.1) is 11.3 Å². The lowest BCUT2D eigenvalue weighted by atomic mass is 10.1. The van der Waals surface area contributed by atoms with Crippen molar-refractivity contribution in [3.63, 3.8) is 0 Å². The average Bonchev–Trinajstić information content (AvgIpc) is 3.19. The maximum Gasteiger partial charge on any atom is 0.257 e. The van der Waals surface area contributed by atoms with Crippen LogP contribution in [0.5, 0.6) is 11.5 Å². The molecule has 0 aliphatic rings. The SMILES string of the molecule is COc1ccc(NC(=O)c2c(Cl)cccc2-c2nc3c(N)cccc3s2)cc1OC. The number of methoxy groups -OCH3 is 2. The van der Waals surface area contributed by atoms with E-state index in [0.717, 1.165) is 4.70 Å². The summed E-state index contributed by atoms with van der Waals surface area (Å²) >= 11 is 7.88. The van der Waals surface area contributed by atoms with Crippen molar-refractivity contribution in [2.75, 3.05) is 25.3 Å². The van der Waals surface area contributed by atoms with Crippen LogP contribution in [-0.2, 0) is 0 Å². The number of anilines is 2. The molecule has 0 aliphatic carbocycles. The summed E-state index contributed by atoms with van der Waals surface area (Å²) in [6, 6.07) is 16.1. The van der Waals surface area contributed by atoms with E-state index in [1.54, 1.807) is 43.5 Å². The minimum absolute atomic E-state index is 0.331. The number of benzene rings is 3. The van der Waals surface area contributed by atoms with Crippen molar-refractivity contribution in [2.45, 2.75) is 0 Å². The van der Waals surface area contributed by atoms with E-state index in [0.29, 0.717) is 49.5 Å². The number of nitrogens with two attached hydrogens (primary N) is 1. The van der Waals surface area contributed by atoms with Crippen LogP contribution in [0, 0.1) is 0 Å². The maximum atomic E-state index is 13.1. The highest BCUT2D eigenvalue weighted by molar-refractivity contribution is 7.21. The topological polar surface area (TPSA) is 86.5 Å². The number of aromatic nitrogens is 1. The molecule has 6 nitrogen and oxygen atoms in total. The van der Waals surface area contributed by atoms with E-state index in [1.807, 2.05) is 18.2 Å². The van der Waals surface area contributed by atoms with E-state index in [-0.39, 0.29) is 5.91 Å². The van der Waals surface area contributed by atoms with Gasteiger partial charge in [0.2, 0.25) is 0 Å². The monoisotopic (exact) mass is 439 g/mol. The Kier molecular flexibility index (Phi) is 5.48. The van der Waals surface area contributed by atoms with Crippen LogP contribution in [0.4, 0.5) is 11.4 Å². The van der Waals surface area contributed by atoms with Gasteiger partial charge >= 0.3 is 0 Å². The number of carbonyl (C=O) groups excluding carboxylic acids is 1. The van der Waals surface area contributed by atoms with Crippen LogP contribution in [0.3, 0.4) is 0 Å². The van der Waals surface area contributed by atoms with Crippen molar-refractivity contribution in [2.24, 2.45) is 0 Å². The van der Waals surface area contributed by atoms with E-state index >= 15 is 0 Å². The second-order valence-electron chi connectivity index (χ2n) is 6.40. The summed E-state index contributed by atoms with van der Waals surface area (Å²) in [6.45, 7) is 0. The van der Waals surface area contributed by atoms with Gasteiger partial charge in [0.1, 0.15) is 10.5 Å². The van der Waals surface area contributed by atoms with Crippen molar-refractivity contribution < 1.29 is 14.3 Å². The summed E-state index contributed by atoms with van der Waals surface area (Å²) < 4.78 is 11.5. The Bertz CT molecular complexity index is 1260. The molecule has 0 radical (unpaired) electrons. The number of halogens is 1. The first-order valence-corrected chi connectivity index (χ1v) is 10.2. The summed E-state index contributed by atoms with van der Waals surface area (Å²) in [5.74, 6) is 0.729. The number of nitrogen functional groups attached to an aromatic ring is 1. The molecule has 1 amide bonds. The molecule has 152 valence electrons. The Morgan fingerprint density at radius 2 is 1.83 bits per heavy atom. The van der Waals surface area contributed by atoms with Crippen molar-refractivity contribution in [1.29, 1.82) is 0 Å². The molecule has 0 aliphatic heterocycles. The summed E-state index contributed by atoms with van der Waals surface area (Å²) in [6.07, 6.45) is 0. The van der Waals surface area contributed by atoms with Gasteiger partial charge in [-0.1, -0.05) is 29.8 Å². The number of hydrogen-bond acceptors (Lipinski definition) is 6. The van der Waals surface area contributed by atoms with Gasteiger partial charge in [0.25, 0.3) is 5.91 Å². The quantitative estimate of drug-likeness (QED) is 0.403. The minimum Gasteiger partial charge on any atom is -0.493 e. The summed E-state index contributed by atoms with van der Waals surface area (Å²) in [7, 11) is 3.09. The predicted molar refractivity (Wildman–Crippen MR) is 122 cm³/mol. The minimum atomic E-state index is -0.352. The zero-order chi connectivity index (χ0) is 21.3. The maximum absolute atomic E-state index is 13.1. The van der Waals surface area contributed by atoms with Gasteiger partial charge in [-0.05, 0) is 30.3 Å². The molecule has 4 rings (SSSR count). The van der Waals surface area contributed by atoms with E-state index < -0.39 is 0 Å². The van der Waals surface area contributed by atoms with Gasteiger partial charge in [-0.3, -0.25) is 4.79 Å². The van der Waals surface area contributed by atoms with Gasteiger partial charge in [-0.2, -0.15) is 0 Å². The zero-order valence-corrected chi connectivity index (χ0v) is 17.8. The molecule has 4 aromatic rings. The number of ether oxygens (including phenoxy) is 2. The molecule has 3 aromatic carbocycles. The molecule has 0 unspecified atom stereocenters. The van der Waals surface area contributed by atoms with Crippen LogP contribution in [0.25, 0.3) is 20.8 Å². The molecule has 0 spiro atoms. The standard InChI is InChI=1S/C22H18ClN3O3S/c1-28-16-10-9-12(11-17(16)29-2)25-21(27)19-13(5-3-6-14(19)23)22-26-20-15(24)7-4-8-18(20)30-22/h3-11H,24H2,1-2H3,(H,25,27). The summed E-state index contributed by atoms with van der Waals surface area (Å²) in [4.78, 5) is 17.8. The molecule has 3 N–H and O–H groups in total. The average molecular weight is 440 g/mol. The lowest BCUT2D eigenvalue weighted by molar-refractivity contribution is 0.102. The third-order valence-corrected chi connectivity index (χ3v) is 5.93. The first-order chi connectivity index (χ1) is 14.5. The fourth-order valence-electron chi connectivity index (χ4n) is 3.13. The fourth-order valence-corrected chi connectivity index (χ4v) is 4.42. The van der Waals surface area contributed by atoms with Crippen LogP contribution in [-0.4, -0.2) is 25.1 Å². The number of nitrogens with zero attached hydrogens (tertiary/aromatic N) is 1. The number of rotatable bonds is 5. The van der Waals surface area contributed by atoms with E-state index in [2.05, 4.69) is 10.3 Å². The predicted octanol–water partition coefficient (Wildman–Crippen LogP) is 5.47. The number of para-hydroxylation sites is 1. The van der Waals surface area contributed by atoms with E-state index in [9.17, 15) is 4.79 Å². The number of nitrogens with one attached hydrogen (secondary N) is 1. The number of carbonyl (C=O) groups is 1. The smallest absolute Gasteiger partial charge is 0.257 e. The summed E-state index contributed by atoms with van der Waals surface area (Å²) in [5, 5.41) is 3.87. The van der Waals surface area contributed by atoms with Crippen LogP contribution in [0.15, 0.2) is 54.6 Å². The third kappa shape index (κ3) is 3.65. The van der Waals surface area contributed by atoms with E-state index in [4.69, 9.17) is 26.8 Å². The van der Waals surface area contributed by atoms with Crippen molar-refractivity contribution in [3.05, 3.63) is 65.2 Å². The lowest BCUT2D eigenvalue weighted by Crippen LogP contribution is -2.14. The molecule has 0 saturated heterocycles. The van der Waals surface area contributed by atoms with Crippen molar-refractivity contribution in [3.8, 4) is 22.1 Å². The number of hydrogen-bond donors (Lipinski definition) is 2. The second kappa shape index (κ2) is 8.22. The Morgan fingerprint density at radius 3 is 2.57 bits per heavy atom. The summed E-state index contributed by atoms with van der Waals surface area (Å²) in [5.41, 5.74) is 8.88. The Balaban J connectivity index is 1.74. The van der Waals surface area contributed by atoms with Gasteiger partial charge in [0.15, 0.2) is 11.5 Å². The van der Waals surface area contributed by atoms with Crippen molar-refractivity contribution >= 4 is 50.4 Å².